The minimum absolute atomic E-state index is 0.0898. The van der Waals surface area contributed by atoms with Crippen molar-refractivity contribution in [2.75, 3.05) is 0 Å². The zero-order valence-corrected chi connectivity index (χ0v) is 10.7. The summed E-state index contributed by atoms with van der Waals surface area (Å²) in [5, 5.41) is 8.64. The van der Waals surface area contributed by atoms with Gasteiger partial charge < -0.3 is 9.84 Å². The predicted octanol–water partition coefficient (Wildman–Crippen LogP) is 3.36. The molecule has 20 heavy (non-hydrogen) atoms. The van der Waals surface area contributed by atoms with Crippen molar-refractivity contribution in [2.24, 2.45) is 0 Å². The SMILES string of the molecule is Cc1ccc(Oc2nc(C(F)(F)F)ns2)c(C(=O)O)c1. The fourth-order valence-electron chi connectivity index (χ4n) is 1.36. The summed E-state index contributed by atoms with van der Waals surface area (Å²) in [6.45, 7) is 1.68. The molecule has 0 bridgehead atoms. The van der Waals surface area contributed by atoms with Crippen LogP contribution in [-0.2, 0) is 6.18 Å². The van der Waals surface area contributed by atoms with Crippen LogP contribution in [0.25, 0.3) is 0 Å². The first-order valence-corrected chi connectivity index (χ1v) is 5.97. The van der Waals surface area contributed by atoms with Crippen molar-refractivity contribution >= 4 is 17.5 Å². The third kappa shape index (κ3) is 3.05. The molecule has 1 aromatic carbocycles. The molecule has 0 aliphatic rings. The van der Waals surface area contributed by atoms with Gasteiger partial charge in [-0.15, -0.1) is 0 Å². The van der Waals surface area contributed by atoms with Crippen LogP contribution in [0.1, 0.15) is 21.7 Å². The Hall–Kier alpha value is -2.16. The summed E-state index contributed by atoms with van der Waals surface area (Å²) in [5.74, 6) is -2.65. The van der Waals surface area contributed by atoms with Crippen LogP contribution in [0, 0.1) is 6.92 Å². The molecule has 0 saturated heterocycles. The van der Waals surface area contributed by atoms with Gasteiger partial charge in [0.05, 0.1) is 0 Å². The van der Waals surface area contributed by atoms with Crippen molar-refractivity contribution in [3.63, 3.8) is 0 Å². The van der Waals surface area contributed by atoms with Crippen molar-refractivity contribution in [2.45, 2.75) is 13.1 Å². The lowest BCUT2D eigenvalue weighted by Gasteiger charge is -2.06. The number of carbonyl (C=O) groups is 1. The van der Waals surface area contributed by atoms with E-state index >= 15 is 0 Å². The van der Waals surface area contributed by atoms with Gasteiger partial charge >= 0.3 is 12.1 Å². The number of nitrogens with zero attached hydrogens (tertiary/aromatic N) is 2. The molecule has 0 fully saturated rings. The Kier molecular flexibility index (Phi) is 3.62. The first-order valence-electron chi connectivity index (χ1n) is 5.20. The van der Waals surface area contributed by atoms with Gasteiger partial charge in [0.1, 0.15) is 11.3 Å². The zero-order valence-electron chi connectivity index (χ0n) is 9.93. The number of benzene rings is 1. The van der Waals surface area contributed by atoms with Gasteiger partial charge in [-0.2, -0.15) is 22.5 Å². The summed E-state index contributed by atoms with van der Waals surface area (Å²) in [6.07, 6.45) is -4.67. The molecule has 0 saturated carbocycles. The van der Waals surface area contributed by atoms with Crippen LogP contribution in [0.3, 0.4) is 0 Å². The number of aromatic nitrogens is 2. The molecule has 2 rings (SSSR count). The Bertz CT molecular complexity index is 655. The van der Waals surface area contributed by atoms with E-state index in [1.54, 1.807) is 13.0 Å². The Morgan fingerprint density at radius 2 is 2.10 bits per heavy atom. The van der Waals surface area contributed by atoms with Gasteiger partial charge in [0.25, 0.3) is 11.0 Å². The second kappa shape index (κ2) is 5.08. The molecular formula is C11H7F3N2O3S. The smallest absolute Gasteiger partial charge is 0.452 e. The number of hydrogen-bond donors (Lipinski definition) is 1. The Balaban J connectivity index is 2.31. The molecule has 0 unspecified atom stereocenters. The number of aromatic carboxylic acids is 1. The van der Waals surface area contributed by atoms with Gasteiger partial charge in [-0.1, -0.05) is 11.6 Å². The van der Waals surface area contributed by atoms with Crippen LogP contribution in [-0.4, -0.2) is 20.4 Å². The van der Waals surface area contributed by atoms with Crippen LogP contribution < -0.4 is 4.74 Å². The summed E-state index contributed by atoms with van der Waals surface area (Å²) in [6, 6.07) is 4.28. The summed E-state index contributed by atoms with van der Waals surface area (Å²) in [7, 11) is 0. The number of halogens is 3. The minimum Gasteiger partial charge on any atom is -0.478 e. The first kappa shape index (κ1) is 14.3. The topological polar surface area (TPSA) is 72.3 Å². The van der Waals surface area contributed by atoms with E-state index in [1.165, 1.54) is 12.1 Å². The highest BCUT2D eigenvalue weighted by molar-refractivity contribution is 7.07. The summed E-state index contributed by atoms with van der Waals surface area (Å²) in [5.41, 5.74) is 0.525. The molecule has 0 atom stereocenters. The second-order valence-corrected chi connectivity index (χ2v) is 4.50. The van der Waals surface area contributed by atoms with Crippen LogP contribution >= 0.6 is 11.5 Å². The molecule has 5 nitrogen and oxygen atoms in total. The van der Waals surface area contributed by atoms with Crippen molar-refractivity contribution < 1.29 is 27.8 Å². The third-order valence-corrected chi connectivity index (χ3v) is 2.82. The second-order valence-electron chi connectivity index (χ2n) is 3.79. The van der Waals surface area contributed by atoms with E-state index in [0.717, 1.165) is 0 Å². The third-order valence-electron chi connectivity index (χ3n) is 2.22. The minimum atomic E-state index is -4.67. The highest BCUT2D eigenvalue weighted by atomic mass is 32.1. The van der Waals surface area contributed by atoms with Crippen molar-refractivity contribution in [3.8, 4) is 10.9 Å². The summed E-state index contributed by atoms with van der Waals surface area (Å²) < 4.78 is 45.2. The predicted molar refractivity (Wildman–Crippen MR) is 63.1 cm³/mol. The lowest BCUT2D eigenvalue weighted by molar-refractivity contribution is -0.144. The van der Waals surface area contributed by atoms with Gasteiger partial charge in [0.2, 0.25) is 0 Å². The number of aryl methyl sites for hydroxylation is 1. The summed E-state index contributed by atoms with van der Waals surface area (Å²) >= 11 is 0.400. The van der Waals surface area contributed by atoms with Crippen LogP contribution in [0.15, 0.2) is 18.2 Å². The Morgan fingerprint density at radius 1 is 1.40 bits per heavy atom. The normalized spacial score (nSPS) is 11.4. The van der Waals surface area contributed by atoms with Gasteiger partial charge in [-0.3, -0.25) is 0 Å². The molecule has 9 heteroatoms. The summed E-state index contributed by atoms with van der Waals surface area (Å²) in [4.78, 5) is 14.2. The van der Waals surface area contributed by atoms with Crippen LogP contribution in [0.4, 0.5) is 13.2 Å². The molecule has 0 amide bonds. The standard InChI is InChI=1S/C11H7F3N2O3S/c1-5-2-3-7(6(4-5)8(17)18)19-10-15-9(16-20-10)11(12,13)14/h2-4H,1H3,(H,17,18). The molecule has 1 aromatic heterocycles. The molecule has 0 spiro atoms. The van der Waals surface area contributed by atoms with Crippen LogP contribution in [0.2, 0.25) is 0 Å². The molecule has 1 heterocycles. The average Bonchev–Trinajstić information content (AvgIpc) is 2.79. The quantitative estimate of drug-likeness (QED) is 0.941. The maximum absolute atomic E-state index is 12.3. The van der Waals surface area contributed by atoms with E-state index in [1.807, 2.05) is 0 Å². The molecule has 106 valence electrons. The average molecular weight is 304 g/mol. The number of carboxylic acid groups (broad SMARTS) is 1. The highest BCUT2D eigenvalue weighted by Crippen LogP contribution is 2.32. The molecule has 0 aliphatic heterocycles. The van der Waals surface area contributed by atoms with E-state index in [2.05, 4.69) is 9.36 Å². The highest BCUT2D eigenvalue weighted by Gasteiger charge is 2.36. The maximum atomic E-state index is 12.3. The van der Waals surface area contributed by atoms with Crippen molar-refractivity contribution in [1.82, 2.24) is 9.36 Å². The largest absolute Gasteiger partial charge is 0.478 e. The van der Waals surface area contributed by atoms with E-state index in [0.29, 0.717) is 17.1 Å². The Morgan fingerprint density at radius 3 is 2.65 bits per heavy atom. The number of ether oxygens (including phenoxy) is 1. The number of carboxylic acids is 1. The zero-order chi connectivity index (χ0) is 14.9. The lowest BCUT2D eigenvalue weighted by atomic mass is 10.1. The molecule has 1 N–H and O–H groups in total. The van der Waals surface area contributed by atoms with Gasteiger partial charge in [-0.05, 0) is 19.1 Å². The molecular weight excluding hydrogens is 297 g/mol. The van der Waals surface area contributed by atoms with Gasteiger partial charge in [-0.25, -0.2) is 4.79 Å². The van der Waals surface area contributed by atoms with Crippen molar-refractivity contribution in [1.29, 1.82) is 0 Å². The van der Waals surface area contributed by atoms with Gasteiger partial charge in [0, 0.05) is 11.5 Å². The molecule has 2 aromatic rings. The van der Waals surface area contributed by atoms with E-state index in [9.17, 15) is 18.0 Å². The maximum Gasteiger partial charge on any atom is 0.452 e. The Labute approximate surface area is 114 Å². The van der Waals surface area contributed by atoms with Crippen LogP contribution in [0.5, 0.6) is 10.9 Å². The van der Waals surface area contributed by atoms with E-state index < -0.39 is 18.0 Å². The molecule has 0 radical (unpaired) electrons. The number of rotatable bonds is 3. The van der Waals surface area contributed by atoms with E-state index in [-0.39, 0.29) is 16.5 Å². The fourth-order valence-corrected chi connectivity index (χ4v) is 1.92. The number of alkyl halides is 3. The van der Waals surface area contributed by atoms with Crippen molar-refractivity contribution in [3.05, 3.63) is 35.2 Å². The lowest BCUT2D eigenvalue weighted by Crippen LogP contribution is -2.07. The monoisotopic (exact) mass is 304 g/mol. The molecule has 0 aliphatic carbocycles. The number of hydrogen-bond acceptors (Lipinski definition) is 5. The van der Waals surface area contributed by atoms with Gasteiger partial charge in [0.15, 0.2) is 0 Å². The van der Waals surface area contributed by atoms with E-state index in [4.69, 9.17) is 9.84 Å². The fraction of sp³-hybridized carbons (Fsp3) is 0.182. The first-order chi connectivity index (χ1) is 9.27.